The Morgan fingerprint density at radius 3 is 2.65 bits per heavy atom. The molecule has 2 bridgehead atoms. The Hall–Kier alpha value is -0.0800. The van der Waals surface area contributed by atoms with Gasteiger partial charge < -0.3 is 10.2 Å². The monoisotopic (exact) mass is 236 g/mol. The van der Waals surface area contributed by atoms with Crippen LogP contribution in [-0.4, -0.2) is 37.6 Å². The predicted octanol–water partition coefficient (Wildman–Crippen LogP) is 2.35. The highest BCUT2D eigenvalue weighted by atomic mass is 15.2. The van der Waals surface area contributed by atoms with Gasteiger partial charge in [0.1, 0.15) is 0 Å². The van der Waals surface area contributed by atoms with Crippen LogP contribution >= 0.6 is 0 Å². The summed E-state index contributed by atoms with van der Waals surface area (Å²) in [6.07, 6.45) is 7.49. The molecule has 1 N–H and O–H groups in total. The number of rotatable bonds is 4. The van der Waals surface area contributed by atoms with Crippen LogP contribution in [0.4, 0.5) is 0 Å². The molecule has 5 unspecified atom stereocenters. The van der Waals surface area contributed by atoms with E-state index in [1.165, 1.54) is 45.3 Å². The van der Waals surface area contributed by atoms with E-state index in [9.17, 15) is 0 Å². The van der Waals surface area contributed by atoms with Crippen molar-refractivity contribution in [3.05, 3.63) is 0 Å². The standard InChI is InChI=1S/C15H28N2/c1-3-12-8-16-9-15(12)17(2)10-14-7-11-4-5-13(14)6-11/h11-16H,3-10H2,1-2H3. The van der Waals surface area contributed by atoms with Gasteiger partial charge in [-0.05, 0) is 56.5 Å². The molecule has 5 atom stereocenters. The van der Waals surface area contributed by atoms with Crippen molar-refractivity contribution in [2.24, 2.45) is 23.7 Å². The Morgan fingerprint density at radius 1 is 1.12 bits per heavy atom. The minimum absolute atomic E-state index is 0.805. The highest BCUT2D eigenvalue weighted by molar-refractivity contribution is 4.93. The minimum Gasteiger partial charge on any atom is -0.315 e. The molecular formula is C15H28N2. The topological polar surface area (TPSA) is 15.3 Å². The van der Waals surface area contributed by atoms with Crippen molar-refractivity contribution < 1.29 is 0 Å². The molecule has 0 amide bonds. The second-order valence-electron chi connectivity index (χ2n) is 6.77. The molecule has 17 heavy (non-hydrogen) atoms. The molecule has 98 valence electrons. The molecule has 0 radical (unpaired) electrons. The minimum atomic E-state index is 0.805. The molecule has 1 heterocycles. The lowest BCUT2D eigenvalue weighted by molar-refractivity contribution is 0.154. The fourth-order valence-electron chi connectivity index (χ4n) is 4.76. The third-order valence-corrected chi connectivity index (χ3v) is 5.80. The summed E-state index contributed by atoms with van der Waals surface area (Å²) in [5.41, 5.74) is 0. The van der Waals surface area contributed by atoms with Crippen LogP contribution in [0.15, 0.2) is 0 Å². The fraction of sp³-hybridized carbons (Fsp3) is 1.00. The van der Waals surface area contributed by atoms with Crippen molar-refractivity contribution in [3.8, 4) is 0 Å². The predicted molar refractivity (Wildman–Crippen MR) is 72.0 cm³/mol. The average Bonchev–Trinajstić information content (AvgIpc) is 3.04. The van der Waals surface area contributed by atoms with E-state index in [2.05, 4.69) is 24.2 Å². The molecule has 2 nitrogen and oxygen atoms in total. The summed E-state index contributed by atoms with van der Waals surface area (Å²) < 4.78 is 0. The van der Waals surface area contributed by atoms with Crippen molar-refractivity contribution in [1.29, 1.82) is 0 Å². The van der Waals surface area contributed by atoms with E-state index in [4.69, 9.17) is 0 Å². The van der Waals surface area contributed by atoms with Crippen LogP contribution in [0.5, 0.6) is 0 Å². The quantitative estimate of drug-likeness (QED) is 0.806. The Balaban J connectivity index is 1.54. The number of nitrogens with zero attached hydrogens (tertiary/aromatic N) is 1. The molecule has 0 aromatic rings. The van der Waals surface area contributed by atoms with Gasteiger partial charge in [0.05, 0.1) is 0 Å². The molecule has 2 saturated carbocycles. The number of likely N-dealkylation sites (N-methyl/N-ethyl adjacent to an activating group) is 1. The lowest BCUT2D eigenvalue weighted by Gasteiger charge is -2.33. The molecule has 0 aromatic carbocycles. The molecule has 0 aromatic heterocycles. The van der Waals surface area contributed by atoms with Crippen LogP contribution in [0.3, 0.4) is 0 Å². The van der Waals surface area contributed by atoms with Crippen LogP contribution in [0.25, 0.3) is 0 Å². The van der Waals surface area contributed by atoms with Crippen molar-refractivity contribution in [2.45, 2.75) is 45.1 Å². The third kappa shape index (κ3) is 2.26. The molecule has 3 aliphatic rings. The number of nitrogens with one attached hydrogen (secondary N) is 1. The van der Waals surface area contributed by atoms with Crippen molar-refractivity contribution in [3.63, 3.8) is 0 Å². The highest BCUT2D eigenvalue weighted by Gasteiger charge is 2.40. The zero-order valence-electron chi connectivity index (χ0n) is 11.5. The van der Waals surface area contributed by atoms with Crippen molar-refractivity contribution in [2.75, 3.05) is 26.7 Å². The van der Waals surface area contributed by atoms with Crippen LogP contribution in [-0.2, 0) is 0 Å². The van der Waals surface area contributed by atoms with Gasteiger partial charge in [-0.2, -0.15) is 0 Å². The Kier molecular flexibility index (Phi) is 3.45. The van der Waals surface area contributed by atoms with Gasteiger partial charge in [0.2, 0.25) is 0 Å². The lowest BCUT2D eigenvalue weighted by Crippen LogP contribution is -2.41. The summed E-state index contributed by atoms with van der Waals surface area (Å²) in [7, 11) is 2.37. The van der Waals surface area contributed by atoms with Gasteiger partial charge in [0.15, 0.2) is 0 Å². The first-order valence-corrected chi connectivity index (χ1v) is 7.69. The first-order valence-electron chi connectivity index (χ1n) is 7.69. The van der Waals surface area contributed by atoms with Gasteiger partial charge >= 0.3 is 0 Å². The van der Waals surface area contributed by atoms with E-state index in [0.717, 1.165) is 29.7 Å². The highest BCUT2D eigenvalue weighted by Crippen LogP contribution is 2.48. The second kappa shape index (κ2) is 4.89. The van der Waals surface area contributed by atoms with Gasteiger partial charge in [-0.1, -0.05) is 19.8 Å². The van der Waals surface area contributed by atoms with Gasteiger partial charge in [-0.15, -0.1) is 0 Å². The van der Waals surface area contributed by atoms with E-state index in [1.807, 2.05) is 0 Å². The largest absolute Gasteiger partial charge is 0.315 e. The first kappa shape index (κ1) is 12.0. The zero-order chi connectivity index (χ0) is 11.8. The van der Waals surface area contributed by atoms with Gasteiger partial charge in [0, 0.05) is 19.1 Å². The summed E-state index contributed by atoms with van der Waals surface area (Å²) >= 11 is 0. The van der Waals surface area contributed by atoms with E-state index < -0.39 is 0 Å². The van der Waals surface area contributed by atoms with Crippen LogP contribution in [0.2, 0.25) is 0 Å². The first-order chi connectivity index (χ1) is 8.28. The molecule has 0 spiro atoms. The molecule has 3 rings (SSSR count). The lowest BCUT2D eigenvalue weighted by atomic mass is 9.87. The van der Waals surface area contributed by atoms with Gasteiger partial charge in [-0.25, -0.2) is 0 Å². The summed E-state index contributed by atoms with van der Waals surface area (Å²) in [5, 5.41) is 3.57. The Labute approximate surface area is 106 Å². The van der Waals surface area contributed by atoms with Gasteiger partial charge in [0.25, 0.3) is 0 Å². The van der Waals surface area contributed by atoms with E-state index >= 15 is 0 Å². The van der Waals surface area contributed by atoms with Gasteiger partial charge in [-0.3, -0.25) is 0 Å². The number of fused-ring (bicyclic) bond motifs is 2. The SMILES string of the molecule is CCC1CNCC1N(C)CC1CC2CCC1C2. The van der Waals surface area contributed by atoms with E-state index in [1.54, 1.807) is 6.42 Å². The third-order valence-electron chi connectivity index (χ3n) is 5.80. The van der Waals surface area contributed by atoms with Crippen LogP contribution in [0, 0.1) is 23.7 Å². The summed E-state index contributed by atoms with van der Waals surface area (Å²) in [4.78, 5) is 2.68. The Morgan fingerprint density at radius 2 is 2.00 bits per heavy atom. The summed E-state index contributed by atoms with van der Waals surface area (Å²) in [5.74, 6) is 4.09. The van der Waals surface area contributed by atoms with E-state index in [0.29, 0.717) is 0 Å². The number of hydrogen-bond donors (Lipinski definition) is 1. The molecule has 3 fully saturated rings. The number of hydrogen-bond acceptors (Lipinski definition) is 2. The summed E-state index contributed by atoms with van der Waals surface area (Å²) in [6.45, 7) is 6.16. The van der Waals surface area contributed by atoms with Crippen molar-refractivity contribution >= 4 is 0 Å². The maximum atomic E-state index is 3.57. The maximum absolute atomic E-state index is 3.57. The van der Waals surface area contributed by atoms with Crippen LogP contribution < -0.4 is 5.32 Å². The summed E-state index contributed by atoms with van der Waals surface area (Å²) in [6, 6.07) is 0.805. The van der Waals surface area contributed by atoms with E-state index in [-0.39, 0.29) is 0 Å². The van der Waals surface area contributed by atoms with Crippen LogP contribution in [0.1, 0.15) is 39.0 Å². The smallest absolute Gasteiger partial charge is 0.0257 e. The zero-order valence-corrected chi connectivity index (χ0v) is 11.5. The molecular weight excluding hydrogens is 208 g/mol. The fourth-order valence-corrected chi connectivity index (χ4v) is 4.76. The van der Waals surface area contributed by atoms with Crippen molar-refractivity contribution in [1.82, 2.24) is 10.2 Å². The normalized spacial score (nSPS) is 45.0. The average molecular weight is 236 g/mol. The molecule has 1 aliphatic heterocycles. The molecule has 2 heteroatoms. The Bertz CT molecular complexity index is 266. The second-order valence-corrected chi connectivity index (χ2v) is 6.77. The maximum Gasteiger partial charge on any atom is 0.0257 e. The molecule has 1 saturated heterocycles. The molecule has 2 aliphatic carbocycles.